The maximum atomic E-state index is 11.1. The van der Waals surface area contributed by atoms with Crippen LogP contribution in [-0.4, -0.2) is 16.3 Å². The maximum Gasteiger partial charge on any atom is 0.169 e. The number of pyridine rings is 2. The molecule has 0 atom stereocenters. The molecule has 0 amide bonds. The fraction of sp³-hybridized carbons (Fsp3) is 0. The standard InChI is InChI=1S/C13H7ClN2O/c14-13-12-9(5-6-15-13)8-3-1-2-4-10(8)16-11(12)7-17/h1-7H. The molecule has 0 aliphatic carbocycles. The van der Waals surface area contributed by atoms with E-state index in [0.29, 0.717) is 22.5 Å². The predicted molar refractivity (Wildman–Crippen MR) is 67.4 cm³/mol. The number of aldehydes is 1. The normalized spacial score (nSPS) is 10.9. The summed E-state index contributed by atoms with van der Waals surface area (Å²) in [5.41, 5.74) is 1.11. The third-order valence-electron chi connectivity index (χ3n) is 2.71. The van der Waals surface area contributed by atoms with Crippen LogP contribution in [-0.2, 0) is 0 Å². The number of nitrogens with zero attached hydrogens (tertiary/aromatic N) is 2. The first-order valence-corrected chi connectivity index (χ1v) is 5.47. The molecule has 4 heteroatoms. The van der Waals surface area contributed by atoms with Gasteiger partial charge >= 0.3 is 0 Å². The van der Waals surface area contributed by atoms with E-state index in [1.54, 1.807) is 6.20 Å². The lowest BCUT2D eigenvalue weighted by atomic mass is 10.1. The van der Waals surface area contributed by atoms with Crippen molar-refractivity contribution >= 4 is 39.6 Å². The van der Waals surface area contributed by atoms with E-state index in [4.69, 9.17) is 11.6 Å². The Labute approximate surface area is 102 Å². The zero-order valence-electron chi connectivity index (χ0n) is 8.72. The van der Waals surface area contributed by atoms with Crippen molar-refractivity contribution in [2.75, 3.05) is 0 Å². The highest BCUT2D eigenvalue weighted by molar-refractivity contribution is 6.36. The average Bonchev–Trinajstić information content (AvgIpc) is 2.38. The summed E-state index contributed by atoms with van der Waals surface area (Å²) in [4.78, 5) is 19.3. The Morgan fingerprint density at radius 1 is 1.12 bits per heavy atom. The maximum absolute atomic E-state index is 11.1. The Balaban J connectivity index is 2.65. The van der Waals surface area contributed by atoms with Gasteiger partial charge in [0.15, 0.2) is 6.29 Å². The van der Waals surface area contributed by atoms with E-state index in [1.165, 1.54) is 0 Å². The van der Waals surface area contributed by atoms with Gasteiger partial charge in [-0.05, 0) is 17.5 Å². The SMILES string of the molecule is O=Cc1nc2ccccc2c2ccnc(Cl)c12. The predicted octanol–water partition coefficient (Wildman–Crippen LogP) is 3.25. The molecule has 3 aromatic rings. The highest BCUT2D eigenvalue weighted by Gasteiger charge is 2.10. The molecule has 0 aliphatic heterocycles. The van der Waals surface area contributed by atoms with Crippen molar-refractivity contribution in [3.8, 4) is 0 Å². The number of para-hydroxylation sites is 1. The summed E-state index contributed by atoms with van der Waals surface area (Å²) in [6.07, 6.45) is 2.34. The Morgan fingerprint density at radius 3 is 2.76 bits per heavy atom. The van der Waals surface area contributed by atoms with Crippen LogP contribution in [0.25, 0.3) is 21.7 Å². The van der Waals surface area contributed by atoms with Crippen LogP contribution in [0, 0.1) is 0 Å². The lowest BCUT2D eigenvalue weighted by Gasteiger charge is -2.06. The minimum absolute atomic E-state index is 0.308. The molecule has 82 valence electrons. The number of hydrogen-bond acceptors (Lipinski definition) is 3. The molecule has 3 rings (SSSR count). The van der Waals surface area contributed by atoms with Gasteiger partial charge in [-0.1, -0.05) is 29.8 Å². The van der Waals surface area contributed by atoms with Crippen molar-refractivity contribution in [1.82, 2.24) is 9.97 Å². The quantitative estimate of drug-likeness (QED) is 0.374. The minimum atomic E-state index is 0.308. The fourth-order valence-corrected chi connectivity index (χ4v) is 2.23. The highest BCUT2D eigenvalue weighted by atomic mass is 35.5. The number of hydrogen-bond donors (Lipinski definition) is 0. The number of fused-ring (bicyclic) bond motifs is 3. The number of carbonyl (C=O) groups excluding carboxylic acids is 1. The van der Waals surface area contributed by atoms with Gasteiger partial charge in [0.2, 0.25) is 0 Å². The van der Waals surface area contributed by atoms with Crippen molar-refractivity contribution in [2.24, 2.45) is 0 Å². The van der Waals surface area contributed by atoms with Crippen molar-refractivity contribution in [1.29, 1.82) is 0 Å². The molecule has 0 unspecified atom stereocenters. The molecule has 17 heavy (non-hydrogen) atoms. The van der Waals surface area contributed by atoms with Gasteiger partial charge in [-0.15, -0.1) is 0 Å². The highest BCUT2D eigenvalue weighted by Crippen LogP contribution is 2.29. The first kappa shape index (κ1) is 10.2. The van der Waals surface area contributed by atoms with Crippen molar-refractivity contribution in [3.05, 3.63) is 47.4 Å². The third kappa shape index (κ3) is 1.47. The second-order valence-corrected chi connectivity index (χ2v) is 4.01. The van der Waals surface area contributed by atoms with E-state index >= 15 is 0 Å². The summed E-state index contributed by atoms with van der Waals surface area (Å²) < 4.78 is 0. The second kappa shape index (κ2) is 3.79. The van der Waals surface area contributed by atoms with Crippen LogP contribution in [0.3, 0.4) is 0 Å². The smallest absolute Gasteiger partial charge is 0.169 e. The van der Waals surface area contributed by atoms with E-state index in [9.17, 15) is 4.79 Å². The van der Waals surface area contributed by atoms with Gasteiger partial charge in [0, 0.05) is 17.0 Å². The Kier molecular flexibility index (Phi) is 2.27. The molecule has 0 radical (unpaired) electrons. The summed E-state index contributed by atoms with van der Waals surface area (Å²) >= 11 is 6.03. The molecule has 0 saturated heterocycles. The number of halogens is 1. The van der Waals surface area contributed by atoms with Gasteiger partial charge in [0.1, 0.15) is 10.8 Å². The van der Waals surface area contributed by atoms with Gasteiger partial charge < -0.3 is 0 Å². The first-order chi connectivity index (χ1) is 8.31. The van der Waals surface area contributed by atoms with Gasteiger partial charge in [0.25, 0.3) is 0 Å². The molecule has 2 heterocycles. The molecule has 3 nitrogen and oxygen atoms in total. The summed E-state index contributed by atoms with van der Waals surface area (Å²) in [6, 6.07) is 9.49. The Morgan fingerprint density at radius 2 is 1.94 bits per heavy atom. The van der Waals surface area contributed by atoms with Crippen LogP contribution in [0.5, 0.6) is 0 Å². The molecular formula is C13H7ClN2O. The molecule has 0 saturated carbocycles. The fourth-order valence-electron chi connectivity index (χ4n) is 1.97. The molecule has 0 aliphatic rings. The summed E-state index contributed by atoms with van der Waals surface area (Å²) in [5, 5.41) is 2.79. The molecule has 0 spiro atoms. The van der Waals surface area contributed by atoms with Gasteiger partial charge in [-0.25, -0.2) is 9.97 Å². The van der Waals surface area contributed by atoms with Crippen LogP contribution in [0.1, 0.15) is 10.5 Å². The van der Waals surface area contributed by atoms with Crippen LogP contribution >= 0.6 is 11.6 Å². The van der Waals surface area contributed by atoms with Crippen LogP contribution in [0.2, 0.25) is 5.15 Å². The summed E-state index contributed by atoms with van der Waals surface area (Å²) in [6.45, 7) is 0. The van der Waals surface area contributed by atoms with E-state index in [-0.39, 0.29) is 0 Å². The van der Waals surface area contributed by atoms with Crippen molar-refractivity contribution < 1.29 is 4.79 Å². The number of benzene rings is 1. The molecular weight excluding hydrogens is 236 g/mol. The molecule has 0 fully saturated rings. The topological polar surface area (TPSA) is 42.9 Å². The van der Waals surface area contributed by atoms with Gasteiger partial charge in [-0.3, -0.25) is 4.79 Å². The van der Waals surface area contributed by atoms with Crippen LogP contribution in [0.4, 0.5) is 0 Å². The molecule has 0 N–H and O–H groups in total. The number of carbonyl (C=O) groups is 1. The van der Waals surface area contributed by atoms with E-state index in [2.05, 4.69) is 9.97 Å². The van der Waals surface area contributed by atoms with Crippen LogP contribution < -0.4 is 0 Å². The Hall–Kier alpha value is -2.00. The van der Waals surface area contributed by atoms with Crippen LogP contribution in [0.15, 0.2) is 36.5 Å². The van der Waals surface area contributed by atoms with Gasteiger partial charge in [0.05, 0.1) is 5.52 Å². The number of rotatable bonds is 1. The molecule has 2 aromatic heterocycles. The Bertz CT molecular complexity index is 740. The third-order valence-corrected chi connectivity index (χ3v) is 2.99. The second-order valence-electron chi connectivity index (χ2n) is 3.66. The van der Waals surface area contributed by atoms with Gasteiger partial charge in [-0.2, -0.15) is 0 Å². The zero-order chi connectivity index (χ0) is 11.8. The lowest BCUT2D eigenvalue weighted by molar-refractivity contribution is 0.112. The zero-order valence-corrected chi connectivity index (χ0v) is 9.48. The summed E-state index contributed by atoms with van der Waals surface area (Å²) in [7, 11) is 0. The monoisotopic (exact) mass is 242 g/mol. The summed E-state index contributed by atoms with van der Waals surface area (Å²) in [5.74, 6) is 0. The largest absolute Gasteiger partial charge is 0.296 e. The molecule has 0 bridgehead atoms. The first-order valence-electron chi connectivity index (χ1n) is 5.09. The minimum Gasteiger partial charge on any atom is -0.296 e. The van der Waals surface area contributed by atoms with Crippen molar-refractivity contribution in [3.63, 3.8) is 0 Å². The van der Waals surface area contributed by atoms with E-state index < -0.39 is 0 Å². The van der Waals surface area contributed by atoms with Crippen molar-refractivity contribution in [2.45, 2.75) is 0 Å². The lowest BCUT2D eigenvalue weighted by Crippen LogP contribution is -1.93. The van der Waals surface area contributed by atoms with E-state index in [1.807, 2.05) is 30.3 Å². The number of aromatic nitrogens is 2. The average molecular weight is 243 g/mol. The molecule has 1 aromatic carbocycles. The van der Waals surface area contributed by atoms with E-state index in [0.717, 1.165) is 16.3 Å².